The highest BCUT2D eigenvalue weighted by Crippen LogP contribution is 2.34. The van der Waals surface area contributed by atoms with Gasteiger partial charge in [-0.3, -0.25) is 4.90 Å². The summed E-state index contributed by atoms with van der Waals surface area (Å²) in [6.45, 7) is 2.82. The second-order valence-electron chi connectivity index (χ2n) is 6.06. The molecule has 1 fully saturated rings. The number of benzene rings is 2. The molecule has 1 aliphatic heterocycles. The molecule has 0 aromatic heterocycles. The largest absolute Gasteiger partial charge is 0.493 e. The molecule has 1 heterocycles. The average molecular weight is 312 g/mol. The maximum atomic E-state index is 6.40. The van der Waals surface area contributed by atoms with E-state index in [1.165, 1.54) is 11.1 Å². The first-order chi connectivity index (χ1) is 11.2. The number of methoxy groups -OCH3 is 2. The van der Waals surface area contributed by atoms with Crippen LogP contribution in [0.1, 0.15) is 17.0 Å². The molecule has 122 valence electrons. The van der Waals surface area contributed by atoms with Crippen LogP contribution in [0.2, 0.25) is 0 Å². The van der Waals surface area contributed by atoms with Crippen LogP contribution in [-0.4, -0.2) is 38.3 Å². The van der Waals surface area contributed by atoms with Gasteiger partial charge in [0.2, 0.25) is 0 Å². The van der Waals surface area contributed by atoms with Crippen molar-refractivity contribution in [1.29, 1.82) is 0 Å². The quantitative estimate of drug-likeness (QED) is 0.922. The van der Waals surface area contributed by atoms with E-state index in [4.69, 9.17) is 15.2 Å². The van der Waals surface area contributed by atoms with Crippen molar-refractivity contribution in [3.05, 3.63) is 59.7 Å². The Morgan fingerprint density at radius 2 is 1.74 bits per heavy atom. The summed E-state index contributed by atoms with van der Waals surface area (Å²) in [6, 6.07) is 16.8. The molecule has 2 aromatic carbocycles. The molecule has 2 unspecified atom stereocenters. The van der Waals surface area contributed by atoms with Crippen LogP contribution < -0.4 is 15.2 Å². The van der Waals surface area contributed by atoms with Gasteiger partial charge in [-0.15, -0.1) is 0 Å². The van der Waals surface area contributed by atoms with Crippen molar-refractivity contribution >= 4 is 0 Å². The van der Waals surface area contributed by atoms with Gasteiger partial charge in [0, 0.05) is 31.6 Å². The summed E-state index contributed by atoms with van der Waals surface area (Å²) in [4.78, 5) is 2.42. The summed E-state index contributed by atoms with van der Waals surface area (Å²) in [5.41, 5.74) is 8.94. The maximum Gasteiger partial charge on any atom is 0.160 e. The fraction of sp³-hybridized carbons (Fsp3) is 0.368. The molecule has 0 spiro atoms. The van der Waals surface area contributed by atoms with Crippen LogP contribution in [0.3, 0.4) is 0 Å². The lowest BCUT2D eigenvalue weighted by Gasteiger charge is -2.17. The van der Waals surface area contributed by atoms with E-state index in [2.05, 4.69) is 41.3 Å². The van der Waals surface area contributed by atoms with Crippen LogP contribution in [0.5, 0.6) is 11.5 Å². The van der Waals surface area contributed by atoms with Crippen LogP contribution in [0.15, 0.2) is 48.5 Å². The molecule has 0 saturated carbocycles. The third-order valence-electron chi connectivity index (χ3n) is 4.53. The highest BCUT2D eigenvalue weighted by molar-refractivity contribution is 5.44. The Bertz CT molecular complexity index is 645. The third kappa shape index (κ3) is 3.49. The number of nitrogens with zero attached hydrogens (tertiary/aromatic N) is 1. The molecule has 4 nitrogen and oxygen atoms in total. The minimum atomic E-state index is 0.136. The van der Waals surface area contributed by atoms with E-state index in [-0.39, 0.29) is 6.04 Å². The highest BCUT2D eigenvalue weighted by Gasteiger charge is 2.31. The average Bonchev–Trinajstić information content (AvgIpc) is 2.95. The Hall–Kier alpha value is -2.04. The lowest BCUT2D eigenvalue weighted by molar-refractivity contribution is 0.323. The number of hydrogen-bond donors (Lipinski definition) is 1. The molecule has 1 saturated heterocycles. The Kier molecular flexibility index (Phi) is 4.84. The first kappa shape index (κ1) is 15.8. The van der Waals surface area contributed by atoms with Crippen molar-refractivity contribution < 1.29 is 9.47 Å². The Balaban J connectivity index is 1.74. The summed E-state index contributed by atoms with van der Waals surface area (Å²) in [7, 11) is 3.32. The SMILES string of the molecule is COc1ccc(C2CN(Cc3ccccc3)CC2N)cc1OC. The van der Waals surface area contributed by atoms with E-state index in [9.17, 15) is 0 Å². The molecule has 4 heteroatoms. The fourth-order valence-electron chi connectivity index (χ4n) is 3.32. The van der Waals surface area contributed by atoms with Crippen LogP contribution >= 0.6 is 0 Å². The summed E-state index contributed by atoms with van der Waals surface area (Å²) >= 11 is 0. The zero-order valence-corrected chi connectivity index (χ0v) is 13.7. The van der Waals surface area contributed by atoms with E-state index in [0.29, 0.717) is 5.92 Å². The van der Waals surface area contributed by atoms with Gasteiger partial charge >= 0.3 is 0 Å². The van der Waals surface area contributed by atoms with Crippen molar-refractivity contribution in [1.82, 2.24) is 4.90 Å². The molecule has 2 atom stereocenters. The van der Waals surface area contributed by atoms with E-state index in [1.54, 1.807) is 14.2 Å². The second-order valence-corrected chi connectivity index (χ2v) is 6.06. The second kappa shape index (κ2) is 7.02. The van der Waals surface area contributed by atoms with Gasteiger partial charge in [0.1, 0.15) is 0 Å². The summed E-state index contributed by atoms with van der Waals surface area (Å²) in [5.74, 6) is 1.83. The molecule has 2 aromatic rings. The monoisotopic (exact) mass is 312 g/mol. The van der Waals surface area contributed by atoms with Crippen molar-refractivity contribution in [3.63, 3.8) is 0 Å². The Morgan fingerprint density at radius 3 is 2.43 bits per heavy atom. The maximum absolute atomic E-state index is 6.40. The standard InChI is InChI=1S/C19H24N2O2/c1-22-18-9-8-15(10-19(18)23-2)16-12-21(13-17(16)20)11-14-6-4-3-5-7-14/h3-10,16-17H,11-13,20H2,1-2H3. The Labute approximate surface area is 137 Å². The van der Waals surface area contributed by atoms with Crippen LogP contribution in [0.25, 0.3) is 0 Å². The Morgan fingerprint density at radius 1 is 1.00 bits per heavy atom. The molecule has 23 heavy (non-hydrogen) atoms. The fourth-order valence-corrected chi connectivity index (χ4v) is 3.32. The molecule has 2 N–H and O–H groups in total. The van der Waals surface area contributed by atoms with Crippen LogP contribution in [0.4, 0.5) is 0 Å². The third-order valence-corrected chi connectivity index (χ3v) is 4.53. The van der Waals surface area contributed by atoms with Crippen LogP contribution in [-0.2, 0) is 6.54 Å². The van der Waals surface area contributed by atoms with Gasteiger partial charge in [-0.25, -0.2) is 0 Å². The zero-order chi connectivity index (χ0) is 16.2. The number of ether oxygens (including phenoxy) is 2. The number of nitrogens with two attached hydrogens (primary N) is 1. The smallest absolute Gasteiger partial charge is 0.160 e. The van der Waals surface area contributed by atoms with Gasteiger partial charge in [-0.05, 0) is 23.3 Å². The van der Waals surface area contributed by atoms with E-state index in [0.717, 1.165) is 31.1 Å². The topological polar surface area (TPSA) is 47.7 Å². The molecule has 0 amide bonds. The van der Waals surface area contributed by atoms with E-state index in [1.807, 2.05) is 12.1 Å². The van der Waals surface area contributed by atoms with Crippen molar-refractivity contribution in [3.8, 4) is 11.5 Å². The molecule has 0 radical (unpaired) electrons. The van der Waals surface area contributed by atoms with Crippen LogP contribution in [0, 0.1) is 0 Å². The number of rotatable bonds is 5. The van der Waals surface area contributed by atoms with Gasteiger partial charge < -0.3 is 15.2 Å². The number of hydrogen-bond acceptors (Lipinski definition) is 4. The van der Waals surface area contributed by atoms with Gasteiger partial charge in [0.15, 0.2) is 11.5 Å². The molecule has 0 bridgehead atoms. The minimum absolute atomic E-state index is 0.136. The normalized spacial score (nSPS) is 21.3. The molecule has 0 aliphatic carbocycles. The first-order valence-corrected chi connectivity index (χ1v) is 7.95. The van der Waals surface area contributed by atoms with Crippen molar-refractivity contribution in [2.75, 3.05) is 27.3 Å². The summed E-state index contributed by atoms with van der Waals surface area (Å²) in [5, 5.41) is 0. The predicted molar refractivity (Wildman–Crippen MR) is 92.0 cm³/mol. The van der Waals surface area contributed by atoms with Crippen molar-refractivity contribution in [2.45, 2.75) is 18.5 Å². The predicted octanol–water partition coefficient (Wildman–Crippen LogP) is 2.63. The lowest BCUT2D eigenvalue weighted by atomic mass is 9.94. The number of likely N-dealkylation sites (tertiary alicyclic amines) is 1. The van der Waals surface area contributed by atoms with E-state index < -0.39 is 0 Å². The summed E-state index contributed by atoms with van der Waals surface area (Å²) < 4.78 is 10.7. The molecule has 1 aliphatic rings. The van der Waals surface area contributed by atoms with Gasteiger partial charge in [-0.2, -0.15) is 0 Å². The van der Waals surface area contributed by atoms with Gasteiger partial charge in [0.25, 0.3) is 0 Å². The van der Waals surface area contributed by atoms with E-state index >= 15 is 0 Å². The van der Waals surface area contributed by atoms with Gasteiger partial charge in [0.05, 0.1) is 14.2 Å². The zero-order valence-electron chi connectivity index (χ0n) is 13.7. The molecular weight excluding hydrogens is 288 g/mol. The van der Waals surface area contributed by atoms with Gasteiger partial charge in [-0.1, -0.05) is 36.4 Å². The minimum Gasteiger partial charge on any atom is -0.493 e. The highest BCUT2D eigenvalue weighted by atomic mass is 16.5. The molecular formula is C19H24N2O2. The first-order valence-electron chi connectivity index (χ1n) is 7.95. The molecule has 3 rings (SSSR count). The lowest BCUT2D eigenvalue weighted by Crippen LogP contribution is -2.28. The van der Waals surface area contributed by atoms with Crippen molar-refractivity contribution in [2.24, 2.45) is 5.73 Å². The summed E-state index contributed by atoms with van der Waals surface area (Å²) in [6.07, 6.45) is 0.